The average Bonchev–Trinajstić information content (AvgIpc) is 2.97. The van der Waals surface area contributed by atoms with Gasteiger partial charge in [-0.05, 0) is 43.6 Å². The molecule has 3 aliphatic rings. The highest BCUT2D eigenvalue weighted by Gasteiger charge is 2.53. The van der Waals surface area contributed by atoms with Crippen molar-refractivity contribution < 1.29 is 9.47 Å². The highest BCUT2D eigenvalue weighted by Crippen LogP contribution is 2.57. The Labute approximate surface area is 91.3 Å². The number of rotatable bonds is 2. The van der Waals surface area contributed by atoms with E-state index in [0.717, 1.165) is 38.5 Å². The first-order valence-corrected chi connectivity index (χ1v) is 6.27. The van der Waals surface area contributed by atoms with Gasteiger partial charge in [0.25, 0.3) is 0 Å². The highest BCUT2D eigenvalue weighted by molar-refractivity contribution is 5.02. The Bertz CT molecular complexity index is 244. The van der Waals surface area contributed by atoms with E-state index in [1.807, 2.05) is 0 Å². The summed E-state index contributed by atoms with van der Waals surface area (Å²) in [5.41, 5.74) is 6.37. The second-order valence-corrected chi connectivity index (χ2v) is 5.47. The van der Waals surface area contributed by atoms with E-state index in [1.54, 1.807) is 0 Å². The highest BCUT2D eigenvalue weighted by atomic mass is 16.7. The molecule has 1 heterocycles. The zero-order valence-corrected chi connectivity index (χ0v) is 9.34. The smallest absolute Gasteiger partial charge is 0.168 e. The first-order valence-electron chi connectivity index (χ1n) is 6.27. The van der Waals surface area contributed by atoms with E-state index in [-0.39, 0.29) is 5.79 Å². The Balaban J connectivity index is 1.71. The molecule has 15 heavy (non-hydrogen) atoms. The maximum absolute atomic E-state index is 5.91. The molecule has 1 saturated heterocycles. The summed E-state index contributed by atoms with van der Waals surface area (Å²) >= 11 is 0. The van der Waals surface area contributed by atoms with Crippen LogP contribution in [0.1, 0.15) is 38.5 Å². The summed E-state index contributed by atoms with van der Waals surface area (Å²) in [5.74, 6) is 0.530. The first kappa shape index (κ1) is 10.1. The topological polar surface area (TPSA) is 44.5 Å². The fourth-order valence-corrected chi connectivity index (χ4v) is 3.42. The molecular weight excluding hydrogens is 190 g/mol. The second-order valence-electron chi connectivity index (χ2n) is 5.47. The van der Waals surface area contributed by atoms with Gasteiger partial charge in [-0.2, -0.15) is 0 Å². The van der Waals surface area contributed by atoms with Gasteiger partial charge in [-0.3, -0.25) is 0 Å². The van der Waals surface area contributed by atoms with Gasteiger partial charge < -0.3 is 15.2 Å². The molecule has 1 unspecified atom stereocenters. The molecule has 0 aromatic carbocycles. The fourth-order valence-electron chi connectivity index (χ4n) is 3.42. The Morgan fingerprint density at radius 2 is 1.87 bits per heavy atom. The lowest BCUT2D eigenvalue weighted by Crippen LogP contribution is -2.40. The molecule has 1 atom stereocenters. The van der Waals surface area contributed by atoms with Gasteiger partial charge in [-0.25, -0.2) is 0 Å². The summed E-state index contributed by atoms with van der Waals surface area (Å²) in [6.45, 7) is 2.42. The minimum Gasteiger partial charge on any atom is -0.348 e. The van der Waals surface area contributed by atoms with Gasteiger partial charge in [-0.15, -0.1) is 0 Å². The molecule has 1 aliphatic heterocycles. The zero-order chi connectivity index (χ0) is 10.4. The largest absolute Gasteiger partial charge is 0.348 e. The van der Waals surface area contributed by atoms with Crippen LogP contribution >= 0.6 is 0 Å². The predicted molar refractivity (Wildman–Crippen MR) is 57.3 cm³/mol. The van der Waals surface area contributed by atoms with E-state index in [4.69, 9.17) is 15.2 Å². The van der Waals surface area contributed by atoms with Crippen molar-refractivity contribution in [3.63, 3.8) is 0 Å². The normalized spacial score (nSPS) is 37.0. The van der Waals surface area contributed by atoms with Crippen LogP contribution in [0.3, 0.4) is 0 Å². The van der Waals surface area contributed by atoms with Crippen LogP contribution < -0.4 is 5.73 Å². The quantitative estimate of drug-likeness (QED) is 0.755. The maximum Gasteiger partial charge on any atom is 0.168 e. The van der Waals surface area contributed by atoms with E-state index in [2.05, 4.69) is 0 Å². The Morgan fingerprint density at radius 3 is 2.47 bits per heavy atom. The van der Waals surface area contributed by atoms with Crippen LogP contribution in [0.4, 0.5) is 0 Å². The van der Waals surface area contributed by atoms with E-state index in [9.17, 15) is 0 Å². The third-order valence-corrected chi connectivity index (χ3v) is 4.65. The lowest BCUT2D eigenvalue weighted by atomic mass is 9.75. The van der Waals surface area contributed by atoms with Gasteiger partial charge in [0.2, 0.25) is 0 Å². The van der Waals surface area contributed by atoms with Crippen LogP contribution in [-0.2, 0) is 9.47 Å². The average molecular weight is 211 g/mol. The van der Waals surface area contributed by atoms with E-state index in [0.29, 0.717) is 5.41 Å². The lowest BCUT2D eigenvalue weighted by molar-refractivity contribution is -0.192. The maximum atomic E-state index is 5.91. The van der Waals surface area contributed by atoms with Crippen molar-refractivity contribution in [3.8, 4) is 0 Å². The molecule has 0 aromatic rings. The van der Waals surface area contributed by atoms with Gasteiger partial charge in [0.15, 0.2) is 5.79 Å². The van der Waals surface area contributed by atoms with Crippen LogP contribution in [0.25, 0.3) is 0 Å². The van der Waals surface area contributed by atoms with E-state index < -0.39 is 0 Å². The van der Waals surface area contributed by atoms with Gasteiger partial charge in [0.1, 0.15) is 0 Å². The lowest BCUT2D eigenvalue weighted by Gasteiger charge is -2.39. The molecule has 2 aliphatic carbocycles. The Hall–Kier alpha value is -0.120. The molecule has 3 nitrogen and oxygen atoms in total. The first-order chi connectivity index (χ1) is 7.29. The summed E-state index contributed by atoms with van der Waals surface area (Å²) < 4.78 is 11.6. The van der Waals surface area contributed by atoms with Crippen LogP contribution in [0, 0.1) is 11.3 Å². The van der Waals surface area contributed by atoms with Crippen molar-refractivity contribution in [3.05, 3.63) is 0 Å². The summed E-state index contributed by atoms with van der Waals surface area (Å²) in [7, 11) is 0. The molecule has 1 spiro atoms. The molecule has 0 bridgehead atoms. The predicted octanol–water partition coefficient (Wildman–Crippen LogP) is 1.66. The molecule has 2 N–H and O–H groups in total. The molecular formula is C12H21NO2. The van der Waals surface area contributed by atoms with Gasteiger partial charge in [0.05, 0.1) is 13.2 Å². The van der Waals surface area contributed by atoms with Crippen molar-refractivity contribution in [1.82, 2.24) is 0 Å². The van der Waals surface area contributed by atoms with E-state index >= 15 is 0 Å². The van der Waals surface area contributed by atoms with Crippen molar-refractivity contribution in [2.75, 3.05) is 19.8 Å². The van der Waals surface area contributed by atoms with Crippen molar-refractivity contribution >= 4 is 0 Å². The number of nitrogens with two attached hydrogens (primary N) is 1. The number of hydrogen-bond donors (Lipinski definition) is 1. The summed E-state index contributed by atoms with van der Waals surface area (Å²) in [6, 6.07) is 0. The minimum atomic E-state index is -0.215. The Morgan fingerprint density at radius 1 is 1.13 bits per heavy atom. The fraction of sp³-hybridized carbons (Fsp3) is 1.00. The van der Waals surface area contributed by atoms with Crippen molar-refractivity contribution in [2.24, 2.45) is 17.1 Å². The van der Waals surface area contributed by atoms with E-state index in [1.165, 1.54) is 25.7 Å². The van der Waals surface area contributed by atoms with Gasteiger partial charge in [-0.1, -0.05) is 0 Å². The molecule has 0 radical (unpaired) electrons. The van der Waals surface area contributed by atoms with Crippen LogP contribution in [-0.4, -0.2) is 25.5 Å². The molecule has 3 rings (SSSR count). The van der Waals surface area contributed by atoms with Crippen LogP contribution in [0.15, 0.2) is 0 Å². The standard InChI is InChI=1S/C12H21NO2/c13-9-11(4-5-11)10-2-1-3-12(8-10)14-6-7-15-12/h10H,1-9,13H2. The number of hydrogen-bond acceptors (Lipinski definition) is 3. The third kappa shape index (κ3) is 1.61. The monoisotopic (exact) mass is 211 g/mol. The summed E-state index contributed by atoms with van der Waals surface area (Å²) in [6.07, 6.45) is 7.39. The second kappa shape index (κ2) is 3.44. The molecule has 3 fully saturated rings. The third-order valence-electron chi connectivity index (χ3n) is 4.65. The molecule has 86 valence electrons. The van der Waals surface area contributed by atoms with Crippen LogP contribution in [0.2, 0.25) is 0 Å². The van der Waals surface area contributed by atoms with Crippen molar-refractivity contribution in [2.45, 2.75) is 44.3 Å². The number of ether oxygens (including phenoxy) is 2. The van der Waals surface area contributed by atoms with Gasteiger partial charge >= 0.3 is 0 Å². The zero-order valence-electron chi connectivity index (χ0n) is 9.34. The van der Waals surface area contributed by atoms with Crippen molar-refractivity contribution in [1.29, 1.82) is 0 Å². The molecule has 0 amide bonds. The summed E-state index contributed by atoms with van der Waals surface area (Å²) in [4.78, 5) is 0. The molecule has 2 saturated carbocycles. The minimum absolute atomic E-state index is 0.215. The SMILES string of the molecule is NCC1(C2CCCC3(C2)OCCO3)CC1. The molecule has 3 heteroatoms. The molecule has 0 aromatic heterocycles. The van der Waals surface area contributed by atoms with Gasteiger partial charge in [0, 0.05) is 12.8 Å². The summed E-state index contributed by atoms with van der Waals surface area (Å²) in [5, 5.41) is 0. The van der Waals surface area contributed by atoms with Crippen LogP contribution in [0.5, 0.6) is 0 Å². The Kier molecular flexibility index (Phi) is 2.31.